The number of ether oxygens (including phenoxy) is 1. The molecule has 1 aromatic heterocycles. The summed E-state index contributed by atoms with van der Waals surface area (Å²) in [4.78, 5) is 7.51. The maximum Gasteiger partial charge on any atom is 0.266 e. The standard InChI is InChI=1S/C17H19ClN2O2.C6H10F2.C5H12/c1-4-11(2)12(3)14-7-5-13(6-8-14)10-22-16-15(21)9-19-17(18)20-16;1-4-5(2)6(3,7)8;1-4-5(2)3/h5-9,21H,4,10H2,1-3H3;4H,1-3H3;5H,4H2,1-3H3/b;5-4+;. The van der Waals surface area contributed by atoms with E-state index in [0.29, 0.717) is 6.61 Å². The minimum absolute atomic E-state index is 0.0407. The predicted molar refractivity (Wildman–Crippen MR) is 143 cm³/mol. The van der Waals surface area contributed by atoms with Gasteiger partial charge in [-0.2, -0.15) is 4.98 Å². The van der Waals surface area contributed by atoms with E-state index in [1.165, 1.54) is 42.3 Å². The van der Waals surface area contributed by atoms with Crippen LogP contribution in [-0.2, 0) is 6.61 Å². The van der Waals surface area contributed by atoms with E-state index < -0.39 is 5.92 Å². The molecule has 0 aliphatic heterocycles. The van der Waals surface area contributed by atoms with Gasteiger partial charge in [-0.3, -0.25) is 0 Å². The molecule has 7 heteroatoms. The Kier molecular flexibility index (Phi) is 15.1. The molecule has 2 aromatic rings. The molecular weight excluding hydrogens is 470 g/mol. The van der Waals surface area contributed by atoms with Crippen molar-refractivity contribution < 1.29 is 18.6 Å². The number of hydrogen-bond donors (Lipinski definition) is 1. The lowest BCUT2D eigenvalue weighted by Gasteiger charge is -2.09. The topological polar surface area (TPSA) is 55.2 Å². The van der Waals surface area contributed by atoms with E-state index in [4.69, 9.17) is 16.3 Å². The molecule has 0 unspecified atom stereocenters. The minimum atomic E-state index is -2.63. The number of alkyl halides is 2. The Hall–Kier alpha value is -2.47. The zero-order valence-corrected chi connectivity index (χ0v) is 23.3. The van der Waals surface area contributed by atoms with Crippen molar-refractivity contribution in [3.8, 4) is 11.6 Å². The van der Waals surface area contributed by atoms with Gasteiger partial charge in [0, 0.05) is 6.92 Å². The van der Waals surface area contributed by atoms with Gasteiger partial charge < -0.3 is 9.84 Å². The molecule has 0 bridgehead atoms. The monoisotopic (exact) mass is 510 g/mol. The summed E-state index contributed by atoms with van der Waals surface area (Å²) in [6.45, 7) is 17.3. The highest BCUT2D eigenvalue weighted by atomic mass is 35.5. The van der Waals surface area contributed by atoms with Gasteiger partial charge in [0.2, 0.25) is 5.28 Å². The Morgan fingerprint density at radius 2 is 1.69 bits per heavy atom. The molecule has 4 nitrogen and oxygen atoms in total. The molecule has 0 radical (unpaired) electrons. The van der Waals surface area contributed by atoms with Crippen LogP contribution < -0.4 is 4.74 Å². The molecule has 1 aromatic carbocycles. The number of allylic oxidation sites excluding steroid dienone is 4. The third kappa shape index (κ3) is 13.3. The third-order valence-corrected chi connectivity index (χ3v) is 5.76. The van der Waals surface area contributed by atoms with Crippen LogP contribution in [0.4, 0.5) is 8.78 Å². The first kappa shape index (κ1) is 32.5. The number of halogens is 3. The van der Waals surface area contributed by atoms with Crippen molar-refractivity contribution in [1.82, 2.24) is 9.97 Å². The smallest absolute Gasteiger partial charge is 0.266 e. The van der Waals surface area contributed by atoms with Gasteiger partial charge in [0.25, 0.3) is 11.8 Å². The molecule has 0 fully saturated rings. The summed E-state index contributed by atoms with van der Waals surface area (Å²) in [7, 11) is 0. The second kappa shape index (κ2) is 16.2. The zero-order valence-electron chi connectivity index (χ0n) is 22.5. The van der Waals surface area contributed by atoms with Crippen molar-refractivity contribution in [2.45, 2.75) is 87.7 Å². The van der Waals surface area contributed by atoms with Crippen molar-refractivity contribution in [3.05, 3.63) is 64.1 Å². The highest BCUT2D eigenvalue weighted by Crippen LogP contribution is 2.25. The van der Waals surface area contributed by atoms with Crippen molar-refractivity contribution in [3.63, 3.8) is 0 Å². The number of aromatic nitrogens is 2. The molecule has 1 N–H and O–H groups in total. The van der Waals surface area contributed by atoms with Gasteiger partial charge >= 0.3 is 0 Å². The molecule has 196 valence electrons. The summed E-state index contributed by atoms with van der Waals surface area (Å²) in [5, 5.41) is 9.64. The fourth-order valence-electron chi connectivity index (χ4n) is 2.21. The normalized spacial score (nSPS) is 12.2. The highest BCUT2D eigenvalue weighted by Gasteiger charge is 2.22. The first-order valence-corrected chi connectivity index (χ1v) is 12.3. The van der Waals surface area contributed by atoms with E-state index in [-0.39, 0.29) is 22.5 Å². The summed E-state index contributed by atoms with van der Waals surface area (Å²) < 4.78 is 29.6. The zero-order chi connectivity index (χ0) is 27.2. The fourth-order valence-corrected chi connectivity index (χ4v) is 2.34. The first-order valence-electron chi connectivity index (χ1n) is 11.9. The largest absolute Gasteiger partial charge is 0.502 e. The molecule has 0 aliphatic rings. The van der Waals surface area contributed by atoms with Gasteiger partial charge in [0.15, 0.2) is 5.75 Å². The molecular formula is C28H41ClF2N2O2. The quantitative estimate of drug-likeness (QED) is 0.298. The van der Waals surface area contributed by atoms with E-state index in [0.717, 1.165) is 24.8 Å². The average Bonchev–Trinajstić information content (AvgIpc) is 2.83. The molecule has 0 aliphatic carbocycles. The Morgan fingerprint density at radius 3 is 2.09 bits per heavy atom. The summed E-state index contributed by atoms with van der Waals surface area (Å²) in [6.07, 6.45) is 4.99. The van der Waals surface area contributed by atoms with Crippen LogP contribution in [0.5, 0.6) is 11.6 Å². The van der Waals surface area contributed by atoms with Crippen LogP contribution in [-0.4, -0.2) is 21.0 Å². The van der Waals surface area contributed by atoms with Crippen molar-refractivity contribution in [2.75, 3.05) is 0 Å². The lowest BCUT2D eigenvalue weighted by Crippen LogP contribution is -2.10. The Labute approximate surface area is 215 Å². The van der Waals surface area contributed by atoms with Gasteiger partial charge in [-0.25, -0.2) is 13.8 Å². The van der Waals surface area contributed by atoms with Gasteiger partial charge in [0.05, 0.1) is 6.20 Å². The molecule has 0 atom stereocenters. The van der Waals surface area contributed by atoms with Gasteiger partial charge in [0.1, 0.15) is 6.61 Å². The van der Waals surface area contributed by atoms with E-state index in [1.54, 1.807) is 6.92 Å². The van der Waals surface area contributed by atoms with Gasteiger partial charge in [-0.05, 0) is 73.9 Å². The fraction of sp³-hybridized carbons (Fsp3) is 0.500. The van der Waals surface area contributed by atoms with Gasteiger partial charge in [-0.15, -0.1) is 0 Å². The van der Waals surface area contributed by atoms with Crippen LogP contribution in [0.25, 0.3) is 5.57 Å². The minimum Gasteiger partial charge on any atom is -0.502 e. The van der Waals surface area contributed by atoms with Crippen molar-refractivity contribution in [1.29, 1.82) is 0 Å². The second-order valence-corrected chi connectivity index (χ2v) is 9.07. The van der Waals surface area contributed by atoms with E-state index in [9.17, 15) is 13.9 Å². The molecule has 1 heterocycles. The third-order valence-electron chi connectivity index (χ3n) is 5.58. The summed E-state index contributed by atoms with van der Waals surface area (Å²) in [5.74, 6) is -1.79. The Bertz CT molecular complexity index is 950. The van der Waals surface area contributed by atoms with E-state index >= 15 is 0 Å². The summed E-state index contributed by atoms with van der Waals surface area (Å²) >= 11 is 5.68. The summed E-state index contributed by atoms with van der Waals surface area (Å²) in [6, 6.07) is 8.14. The lowest BCUT2D eigenvalue weighted by atomic mass is 10.00. The molecule has 35 heavy (non-hydrogen) atoms. The molecule has 2 rings (SSSR count). The van der Waals surface area contributed by atoms with Crippen LogP contribution in [0, 0.1) is 5.92 Å². The highest BCUT2D eigenvalue weighted by molar-refractivity contribution is 6.28. The number of aromatic hydroxyl groups is 1. The Morgan fingerprint density at radius 1 is 1.14 bits per heavy atom. The maximum atomic E-state index is 12.0. The van der Waals surface area contributed by atoms with Crippen LogP contribution >= 0.6 is 11.6 Å². The van der Waals surface area contributed by atoms with Crippen LogP contribution in [0.3, 0.4) is 0 Å². The molecule has 0 saturated carbocycles. The molecule has 0 saturated heterocycles. The number of rotatable bonds is 7. The van der Waals surface area contributed by atoms with Crippen molar-refractivity contribution in [2.24, 2.45) is 5.92 Å². The maximum absolute atomic E-state index is 12.0. The number of hydrogen-bond acceptors (Lipinski definition) is 4. The van der Waals surface area contributed by atoms with Crippen LogP contribution in [0.2, 0.25) is 5.28 Å². The summed E-state index contributed by atoms with van der Waals surface area (Å²) in [5.41, 5.74) is 4.99. The van der Waals surface area contributed by atoms with Crippen molar-refractivity contribution >= 4 is 17.2 Å². The van der Waals surface area contributed by atoms with Crippen LogP contribution in [0.1, 0.15) is 86.3 Å². The Balaban J connectivity index is 0.000000735. The SMILES string of the molecule is C/C=C(\C)C(C)(F)F.CCC(C)=C(C)c1ccc(COc2nc(Cl)ncc2O)cc1.CCC(C)C. The van der Waals surface area contributed by atoms with E-state index in [1.807, 2.05) is 12.1 Å². The van der Waals surface area contributed by atoms with Crippen LogP contribution in [0.15, 0.2) is 47.7 Å². The van der Waals surface area contributed by atoms with E-state index in [2.05, 4.69) is 63.6 Å². The second-order valence-electron chi connectivity index (χ2n) is 8.74. The predicted octanol–water partition coefficient (Wildman–Crippen LogP) is 9.28. The first-order chi connectivity index (χ1) is 16.3. The average molecular weight is 511 g/mol. The van der Waals surface area contributed by atoms with Gasteiger partial charge in [-0.1, -0.05) is 70.0 Å². The molecule has 0 spiro atoms. The lowest BCUT2D eigenvalue weighted by molar-refractivity contribution is 0.0633. The number of benzene rings is 1. The molecule has 0 amide bonds. The number of nitrogens with zero attached hydrogens (tertiary/aromatic N) is 2.